The number of benzene rings is 3. The van der Waals surface area contributed by atoms with Gasteiger partial charge in [-0.05, 0) is 68.5 Å². The van der Waals surface area contributed by atoms with Crippen LogP contribution in [0.5, 0.6) is 5.75 Å². The van der Waals surface area contributed by atoms with Crippen LogP contribution in [-0.2, 0) is 32.1 Å². The molecule has 46 heavy (non-hydrogen) atoms. The number of hydrogen-bond acceptors (Lipinski definition) is 8. The summed E-state index contributed by atoms with van der Waals surface area (Å²) in [6.07, 6.45) is -1.44. The van der Waals surface area contributed by atoms with Gasteiger partial charge in [0.1, 0.15) is 11.8 Å². The number of aryl methyl sites for hydroxylation is 2. The van der Waals surface area contributed by atoms with Crippen molar-refractivity contribution in [3.05, 3.63) is 101 Å². The second-order valence-electron chi connectivity index (χ2n) is 11.8. The summed E-state index contributed by atoms with van der Waals surface area (Å²) in [7, 11) is 1.31. The van der Waals surface area contributed by atoms with Crippen molar-refractivity contribution in [2.45, 2.75) is 63.6 Å². The maximum Gasteiger partial charge on any atom is 0.337 e. The fourth-order valence-corrected chi connectivity index (χ4v) is 6.58. The van der Waals surface area contributed by atoms with E-state index in [0.717, 1.165) is 22.3 Å². The van der Waals surface area contributed by atoms with Gasteiger partial charge in [-0.25, -0.2) is 4.79 Å². The molecule has 3 aromatic carbocycles. The van der Waals surface area contributed by atoms with Crippen molar-refractivity contribution in [1.29, 1.82) is 0 Å². The summed E-state index contributed by atoms with van der Waals surface area (Å²) in [5.41, 5.74) is 3.75. The molecule has 3 amide bonds. The number of methoxy groups -OCH3 is 1. The van der Waals surface area contributed by atoms with E-state index in [0.29, 0.717) is 11.3 Å². The Morgan fingerprint density at radius 2 is 1.61 bits per heavy atom. The van der Waals surface area contributed by atoms with Crippen LogP contribution in [0.15, 0.2) is 72.8 Å². The summed E-state index contributed by atoms with van der Waals surface area (Å²) in [5, 5.41) is 17.2. The lowest BCUT2D eigenvalue weighted by atomic mass is 9.97. The van der Waals surface area contributed by atoms with Crippen LogP contribution in [-0.4, -0.2) is 76.2 Å². The van der Waals surface area contributed by atoms with Crippen LogP contribution in [0, 0.1) is 13.8 Å². The normalized spacial score (nSPS) is 16.7. The Morgan fingerprint density at radius 3 is 2.24 bits per heavy atom. The zero-order valence-electron chi connectivity index (χ0n) is 26.7. The Morgan fingerprint density at radius 1 is 0.957 bits per heavy atom. The number of nitrogens with zero attached hydrogens (tertiary/aromatic N) is 1. The van der Waals surface area contributed by atoms with Crippen molar-refractivity contribution in [3.8, 4) is 5.75 Å². The Hall–Kier alpha value is -4.35. The molecule has 0 spiro atoms. The van der Waals surface area contributed by atoms with Crippen LogP contribution in [0.3, 0.4) is 0 Å². The first-order chi connectivity index (χ1) is 21.9. The second kappa shape index (κ2) is 15.3. The van der Waals surface area contributed by atoms with Crippen LogP contribution in [0.2, 0.25) is 0 Å². The number of hydrogen-bond donors (Lipinski definition) is 3. The summed E-state index contributed by atoms with van der Waals surface area (Å²) in [6, 6.07) is 19.7. The molecule has 3 atom stereocenters. The first kappa shape index (κ1) is 34.5. The Bertz CT molecular complexity index is 1530. The number of carbonyl (C=O) groups is 4. The summed E-state index contributed by atoms with van der Waals surface area (Å²) in [6.45, 7) is 7.42. The van der Waals surface area contributed by atoms with Gasteiger partial charge in [-0.3, -0.25) is 14.4 Å². The van der Waals surface area contributed by atoms with E-state index in [2.05, 4.69) is 10.6 Å². The average Bonchev–Trinajstić information content (AvgIpc) is 3.37. The number of rotatable bonds is 12. The fraction of sp³-hybridized carbons (Fsp3) is 0.371. The summed E-state index contributed by atoms with van der Waals surface area (Å²) in [5.74, 6) is -1.17. The third-order valence-corrected chi connectivity index (χ3v) is 9.33. The van der Waals surface area contributed by atoms with Gasteiger partial charge < -0.3 is 30.1 Å². The van der Waals surface area contributed by atoms with E-state index in [1.165, 1.54) is 23.8 Å². The number of carbonyl (C=O) groups excluding carboxylic acids is 4. The Balaban J connectivity index is 1.47. The molecule has 1 fully saturated rings. The molecule has 4 rings (SSSR count). The molecular formula is C35H41N3O7S. The Kier molecular flexibility index (Phi) is 11.5. The molecule has 0 aliphatic carbocycles. The van der Waals surface area contributed by atoms with E-state index < -0.39 is 40.7 Å². The van der Waals surface area contributed by atoms with Crippen molar-refractivity contribution in [2.75, 3.05) is 19.6 Å². The number of ether oxygens (including phenoxy) is 2. The highest BCUT2D eigenvalue weighted by Gasteiger charge is 2.49. The van der Waals surface area contributed by atoms with E-state index in [9.17, 15) is 24.3 Å². The molecule has 1 saturated heterocycles. The van der Waals surface area contributed by atoms with Gasteiger partial charge >= 0.3 is 5.97 Å². The van der Waals surface area contributed by atoms with Crippen LogP contribution >= 0.6 is 11.8 Å². The van der Waals surface area contributed by atoms with Crippen LogP contribution in [0.1, 0.15) is 46.5 Å². The maximum atomic E-state index is 13.9. The van der Waals surface area contributed by atoms with E-state index >= 15 is 0 Å². The molecule has 3 aromatic rings. The molecule has 1 aliphatic rings. The van der Waals surface area contributed by atoms with Crippen molar-refractivity contribution in [1.82, 2.24) is 15.5 Å². The molecule has 0 saturated carbocycles. The molecule has 0 unspecified atom stereocenters. The molecule has 0 aromatic heterocycles. The monoisotopic (exact) mass is 647 g/mol. The summed E-state index contributed by atoms with van der Waals surface area (Å²) >= 11 is 1.43. The van der Waals surface area contributed by atoms with Crippen molar-refractivity contribution in [3.63, 3.8) is 0 Å². The molecule has 10 nitrogen and oxygen atoms in total. The van der Waals surface area contributed by atoms with Crippen molar-refractivity contribution >= 4 is 35.5 Å². The highest BCUT2D eigenvalue weighted by Crippen LogP contribution is 2.40. The molecule has 3 N–H and O–H groups in total. The van der Waals surface area contributed by atoms with Gasteiger partial charge in [0.05, 0.1) is 24.6 Å². The topological polar surface area (TPSA) is 134 Å². The minimum atomic E-state index is -1.62. The number of para-hydroxylation sites is 1. The highest BCUT2D eigenvalue weighted by atomic mass is 32.2. The van der Waals surface area contributed by atoms with Crippen molar-refractivity contribution in [2.24, 2.45) is 0 Å². The predicted octanol–water partition coefficient (Wildman–Crippen LogP) is 3.55. The molecule has 0 radical (unpaired) electrons. The average molecular weight is 648 g/mol. The van der Waals surface area contributed by atoms with Gasteiger partial charge in [0.2, 0.25) is 5.91 Å². The third-order valence-electron chi connectivity index (χ3n) is 7.95. The minimum Gasteiger partial charge on any atom is -0.483 e. The smallest absolute Gasteiger partial charge is 0.337 e. The van der Waals surface area contributed by atoms with Gasteiger partial charge in [0.25, 0.3) is 11.8 Å². The largest absolute Gasteiger partial charge is 0.483 e. The van der Waals surface area contributed by atoms with Gasteiger partial charge in [-0.15, -0.1) is 11.8 Å². The van der Waals surface area contributed by atoms with Gasteiger partial charge in [-0.2, -0.15) is 0 Å². The molecule has 244 valence electrons. The number of nitrogens with one attached hydrogen (secondary N) is 2. The standard InChI is InChI=1S/C35H41N3O7S/c1-22-10-9-11-23(2)30(22)45-20-28(39)37-27(18-24-12-7-6-8-13-24)29(40)33(42)38-21-46-35(3,4)31(38)32(41)36-19-25-14-16-26(17-15-25)34(43)44-5/h6-17,27,29,31,40H,18-21H2,1-5H3,(H,36,41)(H,37,39)/t27-,29-,31+/m0/s1. The number of aliphatic hydroxyl groups excluding tert-OH is 1. The Labute approximate surface area is 273 Å². The molecule has 11 heteroatoms. The van der Waals surface area contributed by atoms with Crippen molar-refractivity contribution < 1.29 is 33.8 Å². The van der Waals surface area contributed by atoms with E-state index in [-0.39, 0.29) is 31.4 Å². The number of aliphatic hydroxyl groups is 1. The zero-order valence-corrected chi connectivity index (χ0v) is 27.6. The lowest BCUT2D eigenvalue weighted by Crippen LogP contribution is -2.59. The number of esters is 1. The lowest BCUT2D eigenvalue weighted by molar-refractivity contribution is -0.148. The third kappa shape index (κ3) is 8.46. The van der Waals surface area contributed by atoms with Gasteiger partial charge in [0.15, 0.2) is 12.7 Å². The first-order valence-corrected chi connectivity index (χ1v) is 16.0. The van der Waals surface area contributed by atoms with Gasteiger partial charge in [-0.1, -0.05) is 60.7 Å². The van der Waals surface area contributed by atoms with Crippen LogP contribution in [0.25, 0.3) is 0 Å². The SMILES string of the molecule is COC(=O)c1ccc(CNC(=O)[C@H]2N(C(=O)[C@@H](O)[C@H](Cc3ccccc3)NC(=O)COc3c(C)cccc3C)CSC2(C)C)cc1. The fourth-order valence-electron chi connectivity index (χ4n) is 5.44. The molecule has 0 bridgehead atoms. The van der Waals surface area contributed by atoms with Gasteiger partial charge in [0, 0.05) is 11.3 Å². The van der Waals surface area contributed by atoms with E-state index in [1.807, 2.05) is 76.2 Å². The van der Waals surface area contributed by atoms with Crippen LogP contribution < -0.4 is 15.4 Å². The number of thioether (sulfide) groups is 1. The van der Waals surface area contributed by atoms with E-state index in [4.69, 9.17) is 9.47 Å². The molecule has 1 aliphatic heterocycles. The summed E-state index contributed by atoms with van der Waals surface area (Å²) < 4.78 is 9.90. The summed E-state index contributed by atoms with van der Waals surface area (Å²) in [4.78, 5) is 53.6. The quantitative estimate of drug-likeness (QED) is 0.254. The molecular weight excluding hydrogens is 606 g/mol. The second-order valence-corrected chi connectivity index (χ2v) is 13.4. The maximum absolute atomic E-state index is 13.9. The zero-order chi connectivity index (χ0) is 33.4. The minimum absolute atomic E-state index is 0.176. The lowest BCUT2D eigenvalue weighted by Gasteiger charge is -2.33. The molecule has 1 heterocycles. The first-order valence-electron chi connectivity index (χ1n) is 15.0. The highest BCUT2D eigenvalue weighted by molar-refractivity contribution is 8.00. The number of amides is 3. The van der Waals surface area contributed by atoms with E-state index in [1.54, 1.807) is 24.3 Å². The van der Waals surface area contributed by atoms with Crippen LogP contribution in [0.4, 0.5) is 0 Å². The predicted molar refractivity (Wildman–Crippen MR) is 176 cm³/mol.